The molecule has 0 aliphatic carbocycles. The highest BCUT2D eigenvalue weighted by molar-refractivity contribution is 7.80. The van der Waals surface area contributed by atoms with Gasteiger partial charge in [-0.05, 0) is 52.2 Å². The van der Waals surface area contributed by atoms with Crippen molar-refractivity contribution >= 4 is 25.2 Å². The second-order valence-electron chi connectivity index (χ2n) is 5.69. The largest absolute Gasteiger partial charge is 0.494 e. The van der Waals surface area contributed by atoms with Crippen molar-refractivity contribution in [1.82, 2.24) is 0 Å². The standard InChI is InChI=1S/C13H19BO2S.C2H6/c1-9-6-10(8-11(17)7-9)14-15-12(2,3)13(4,5)16-14;1-2/h6-8,17H,1-5H3;1-2H3. The Morgan fingerprint density at radius 1 is 0.947 bits per heavy atom. The van der Waals surface area contributed by atoms with Crippen molar-refractivity contribution in [1.29, 1.82) is 0 Å². The Hall–Kier alpha value is -0.445. The van der Waals surface area contributed by atoms with Gasteiger partial charge in [-0.1, -0.05) is 25.5 Å². The Balaban J connectivity index is 0.000000861. The van der Waals surface area contributed by atoms with Crippen molar-refractivity contribution in [3.63, 3.8) is 0 Å². The highest BCUT2D eigenvalue weighted by Crippen LogP contribution is 2.36. The molecule has 1 aliphatic rings. The Morgan fingerprint density at radius 2 is 1.42 bits per heavy atom. The lowest BCUT2D eigenvalue weighted by Gasteiger charge is -2.32. The lowest BCUT2D eigenvalue weighted by atomic mass is 9.78. The molecule has 0 saturated carbocycles. The number of hydrogen-bond donors (Lipinski definition) is 1. The summed E-state index contributed by atoms with van der Waals surface area (Å²) in [7, 11) is -0.300. The lowest BCUT2D eigenvalue weighted by molar-refractivity contribution is 0.00578. The third-order valence-corrected chi connectivity index (χ3v) is 3.87. The number of hydrogen-bond acceptors (Lipinski definition) is 3. The van der Waals surface area contributed by atoms with Gasteiger partial charge in [-0.2, -0.15) is 0 Å². The van der Waals surface area contributed by atoms with Crippen molar-refractivity contribution in [3.05, 3.63) is 23.8 Å². The van der Waals surface area contributed by atoms with Gasteiger partial charge in [-0.25, -0.2) is 0 Å². The minimum Gasteiger partial charge on any atom is -0.399 e. The van der Waals surface area contributed by atoms with Crippen molar-refractivity contribution < 1.29 is 9.31 Å². The molecule has 0 radical (unpaired) electrons. The summed E-state index contributed by atoms with van der Waals surface area (Å²) in [5, 5.41) is 0. The van der Waals surface area contributed by atoms with E-state index in [2.05, 4.69) is 53.3 Å². The molecule has 0 bridgehead atoms. The summed E-state index contributed by atoms with van der Waals surface area (Å²) in [6.07, 6.45) is 0. The summed E-state index contributed by atoms with van der Waals surface area (Å²) in [5.41, 5.74) is 1.62. The molecular weight excluding hydrogens is 255 g/mol. The maximum absolute atomic E-state index is 6.00. The second kappa shape index (κ2) is 5.90. The van der Waals surface area contributed by atoms with Gasteiger partial charge in [0.15, 0.2) is 0 Å². The number of rotatable bonds is 1. The third kappa shape index (κ3) is 3.56. The molecule has 0 spiro atoms. The normalized spacial score (nSPS) is 19.9. The fraction of sp³-hybridized carbons (Fsp3) is 0.600. The molecule has 1 aromatic rings. The first kappa shape index (κ1) is 16.6. The maximum Gasteiger partial charge on any atom is 0.494 e. The molecule has 4 heteroatoms. The van der Waals surface area contributed by atoms with E-state index >= 15 is 0 Å². The van der Waals surface area contributed by atoms with Crippen LogP contribution in [0.25, 0.3) is 0 Å². The molecule has 2 nitrogen and oxygen atoms in total. The first-order valence-corrected chi connectivity index (χ1v) is 7.32. The monoisotopic (exact) mass is 280 g/mol. The fourth-order valence-electron chi connectivity index (χ4n) is 1.91. The smallest absolute Gasteiger partial charge is 0.399 e. The van der Waals surface area contributed by atoms with Gasteiger partial charge in [0.05, 0.1) is 11.2 Å². The molecular formula is C15H25BO2S. The van der Waals surface area contributed by atoms with Gasteiger partial charge in [0.25, 0.3) is 0 Å². The Kier molecular flexibility index (Phi) is 5.16. The highest BCUT2D eigenvalue weighted by atomic mass is 32.1. The minimum atomic E-state index is -0.300. The number of aryl methyl sites for hydroxylation is 1. The lowest BCUT2D eigenvalue weighted by Crippen LogP contribution is -2.41. The van der Waals surface area contributed by atoms with Crippen molar-refractivity contribution in [3.8, 4) is 0 Å². The van der Waals surface area contributed by atoms with Gasteiger partial charge >= 0.3 is 7.12 Å². The average molecular weight is 280 g/mol. The number of thiol groups is 1. The predicted molar refractivity (Wildman–Crippen MR) is 85.5 cm³/mol. The Bertz CT molecular complexity index is 408. The third-order valence-electron chi connectivity index (χ3n) is 3.61. The van der Waals surface area contributed by atoms with E-state index in [4.69, 9.17) is 9.31 Å². The van der Waals surface area contributed by atoms with E-state index in [1.165, 1.54) is 5.56 Å². The van der Waals surface area contributed by atoms with Gasteiger partial charge in [-0.15, -0.1) is 12.6 Å². The fourth-order valence-corrected chi connectivity index (χ4v) is 2.26. The van der Waals surface area contributed by atoms with Crippen LogP contribution in [0.5, 0.6) is 0 Å². The van der Waals surface area contributed by atoms with Crippen LogP contribution in [0.15, 0.2) is 23.1 Å². The van der Waals surface area contributed by atoms with Crippen LogP contribution in [0.2, 0.25) is 0 Å². The average Bonchev–Trinajstić information content (AvgIpc) is 2.50. The van der Waals surface area contributed by atoms with Crippen molar-refractivity contribution in [2.75, 3.05) is 0 Å². The first-order chi connectivity index (χ1) is 8.71. The van der Waals surface area contributed by atoms with Crippen LogP contribution in [-0.2, 0) is 9.31 Å². The van der Waals surface area contributed by atoms with E-state index in [0.717, 1.165) is 10.4 Å². The molecule has 1 saturated heterocycles. The van der Waals surface area contributed by atoms with Crippen LogP contribution >= 0.6 is 12.6 Å². The predicted octanol–water partition coefficient (Wildman–Crippen LogP) is 3.61. The molecule has 0 amide bonds. The summed E-state index contributed by atoms with van der Waals surface area (Å²) in [6, 6.07) is 6.11. The molecule has 2 rings (SSSR count). The molecule has 0 unspecified atom stereocenters. The van der Waals surface area contributed by atoms with Crippen LogP contribution in [-0.4, -0.2) is 18.3 Å². The molecule has 0 aromatic heterocycles. The van der Waals surface area contributed by atoms with Gasteiger partial charge in [0, 0.05) is 4.90 Å². The zero-order valence-electron chi connectivity index (χ0n) is 13.1. The van der Waals surface area contributed by atoms with Gasteiger partial charge in [-0.3, -0.25) is 0 Å². The van der Waals surface area contributed by atoms with Crippen LogP contribution in [0.4, 0.5) is 0 Å². The van der Waals surface area contributed by atoms with Gasteiger partial charge in [0.1, 0.15) is 0 Å². The molecule has 1 heterocycles. The second-order valence-corrected chi connectivity index (χ2v) is 6.21. The van der Waals surface area contributed by atoms with Gasteiger partial charge < -0.3 is 9.31 Å². The highest BCUT2D eigenvalue weighted by Gasteiger charge is 2.51. The maximum atomic E-state index is 6.00. The number of benzene rings is 1. The summed E-state index contributed by atoms with van der Waals surface area (Å²) in [4.78, 5) is 0.940. The van der Waals surface area contributed by atoms with E-state index in [0.29, 0.717) is 0 Å². The summed E-state index contributed by atoms with van der Waals surface area (Å²) < 4.78 is 12.0. The van der Waals surface area contributed by atoms with Crippen LogP contribution < -0.4 is 5.46 Å². The van der Waals surface area contributed by atoms with Crippen LogP contribution in [0.3, 0.4) is 0 Å². The van der Waals surface area contributed by atoms with E-state index in [1.807, 2.05) is 26.0 Å². The molecule has 19 heavy (non-hydrogen) atoms. The Morgan fingerprint density at radius 3 is 1.84 bits per heavy atom. The van der Waals surface area contributed by atoms with Gasteiger partial charge in [0.2, 0.25) is 0 Å². The first-order valence-electron chi connectivity index (χ1n) is 6.87. The topological polar surface area (TPSA) is 18.5 Å². The summed E-state index contributed by atoms with van der Waals surface area (Å²) >= 11 is 4.39. The van der Waals surface area contributed by atoms with E-state index < -0.39 is 0 Å². The SMILES string of the molecule is CC.Cc1cc(S)cc(B2OC(C)(C)C(C)(C)O2)c1. The van der Waals surface area contributed by atoms with E-state index in [9.17, 15) is 0 Å². The van der Waals surface area contributed by atoms with E-state index in [1.54, 1.807) is 0 Å². The zero-order chi connectivity index (χ0) is 14.8. The quantitative estimate of drug-likeness (QED) is 0.626. The zero-order valence-corrected chi connectivity index (χ0v) is 14.0. The molecule has 1 aliphatic heterocycles. The molecule has 0 atom stereocenters. The van der Waals surface area contributed by atoms with Crippen LogP contribution in [0, 0.1) is 6.92 Å². The van der Waals surface area contributed by atoms with Crippen molar-refractivity contribution in [2.45, 2.75) is 64.6 Å². The molecule has 1 fully saturated rings. The summed E-state index contributed by atoms with van der Waals surface area (Å²) in [5.74, 6) is 0. The van der Waals surface area contributed by atoms with Crippen LogP contribution in [0.1, 0.15) is 47.1 Å². The summed E-state index contributed by atoms with van der Waals surface area (Å²) in [6.45, 7) is 14.3. The molecule has 0 N–H and O–H groups in total. The minimum absolute atomic E-state index is 0.293. The van der Waals surface area contributed by atoms with E-state index in [-0.39, 0.29) is 18.3 Å². The molecule has 106 valence electrons. The Labute approximate surface area is 123 Å². The molecule has 1 aromatic carbocycles. The van der Waals surface area contributed by atoms with Crippen molar-refractivity contribution in [2.24, 2.45) is 0 Å².